The van der Waals surface area contributed by atoms with Crippen LogP contribution in [0.25, 0.3) is 0 Å². The molecule has 0 aliphatic carbocycles. The van der Waals surface area contributed by atoms with E-state index in [0.29, 0.717) is 0 Å². The highest BCUT2D eigenvalue weighted by Gasteiger charge is 1.96. The second-order valence-corrected chi connectivity index (χ2v) is 12.3. The maximum Gasteiger partial charge on any atom is 0.0235 e. The molecule has 0 bridgehead atoms. The molecule has 38 heavy (non-hydrogen) atoms. The molecular weight excluding hydrogens is 462 g/mol. The van der Waals surface area contributed by atoms with Crippen molar-refractivity contribution >= 4 is 0 Å². The highest BCUT2D eigenvalue weighted by molar-refractivity contribution is 4.51. The largest absolute Gasteiger partial charge is 0.314 e. The van der Waals surface area contributed by atoms with Gasteiger partial charge in [-0.25, -0.2) is 0 Å². The van der Waals surface area contributed by atoms with Crippen molar-refractivity contribution in [2.45, 2.75) is 220 Å². The number of unbranched alkanes of at least 4 members (excludes halogenated alkanes) is 29. The van der Waals surface area contributed by atoms with Crippen molar-refractivity contribution in [1.82, 2.24) is 5.06 Å². The Labute approximate surface area is 243 Å². The highest BCUT2D eigenvalue weighted by atomic mass is 16.5. The molecule has 2 nitrogen and oxygen atoms in total. The Morgan fingerprint density at radius 3 is 0.605 bits per heavy atom. The number of hydroxylamine groups is 2. The molecule has 0 heterocycles. The lowest BCUT2D eigenvalue weighted by atomic mass is 10.0. The third-order valence-corrected chi connectivity index (χ3v) is 8.04. The van der Waals surface area contributed by atoms with Crippen molar-refractivity contribution < 1.29 is 5.21 Å². The fraction of sp³-hybridized carbons (Fsp3) is 1.00. The molecule has 0 aromatic heterocycles. The van der Waals surface area contributed by atoms with Crippen molar-refractivity contribution in [3.8, 4) is 0 Å². The van der Waals surface area contributed by atoms with E-state index in [1.54, 1.807) is 7.05 Å². The molecule has 0 atom stereocenters. The summed E-state index contributed by atoms with van der Waals surface area (Å²) in [5, 5.41) is 10.3. The Hall–Kier alpha value is -0.0800. The predicted molar refractivity (Wildman–Crippen MR) is 175 cm³/mol. The van der Waals surface area contributed by atoms with Crippen LogP contribution < -0.4 is 0 Å². The second kappa shape index (κ2) is 39.1. The van der Waals surface area contributed by atoms with Crippen LogP contribution in [-0.2, 0) is 0 Å². The molecule has 0 aromatic carbocycles. The van der Waals surface area contributed by atoms with E-state index < -0.39 is 0 Å². The van der Waals surface area contributed by atoms with E-state index in [9.17, 15) is 0 Å². The Balaban J connectivity index is 0. The van der Waals surface area contributed by atoms with Crippen LogP contribution in [0.4, 0.5) is 0 Å². The average molecular weight is 540 g/mol. The van der Waals surface area contributed by atoms with E-state index in [4.69, 9.17) is 5.21 Å². The quantitative estimate of drug-likeness (QED) is 0.0699. The van der Waals surface area contributed by atoms with Crippen LogP contribution in [0.2, 0.25) is 0 Å². The minimum Gasteiger partial charge on any atom is -0.314 e. The van der Waals surface area contributed by atoms with E-state index in [2.05, 4.69) is 20.8 Å². The zero-order valence-electron chi connectivity index (χ0n) is 27.5. The molecule has 0 saturated heterocycles. The SMILES string of the molecule is CCCCCCCCCCCCCCCCC.CCCCCCCCCCCCCCCCCCN(C)O. The summed E-state index contributed by atoms with van der Waals surface area (Å²) in [6.45, 7) is 7.69. The first kappa shape index (κ1) is 40.1. The van der Waals surface area contributed by atoms with Gasteiger partial charge in [0.15, 0.2) is 0 Å². The minimum atomic E-state index is 0.818. The third-order valence-electron chi connectivity index (χ3n) is 8.04. The predicted octanol–water partition coefficient (Wildman–Crippen LogP) is 13.4. The van der Waals surface area contributed by atoms with Crippen molar-refractivity contribution in [1.29, 1.82) is 0 Å². The lowest BCUT2D eigenvalue weighted by molar-refractivity contribution is -0.0655. The van der Waals surface area contributed by atoms with Crippen LogP contribution in [0.3, 0.4) is 0 Å². The van der Waals surface area contributed by atoms with Gasteiger partial charge in [0.2, 0.25) is 0 Å². The van der Waals surface area contributed by atoms with Crippen LogP contribution in [0.1, 0.15) is 220 Å². The Morgan fingerprint density at radius 1 is 0.289 bits per heavy atom. The van der Waals surface area contributed by atoms with E-state index in [-0.39, 0.29) is 0 Å². The topological polar surface area (TPSA) is 23.5 Å². The lowest BCUT2D eigenvalue weighted by Crippen LogP contribution is -2.13. The number of rotatable bonds is 31. The van der Waals surface area contributed by atoms with E-state index >= 15 is 0 Å². The van der Waals surface area contributed by atoms with Gasteiger partial charge in [0.25, 0.3) is 0 Å². The fourth-order valence-electron chi connectivity index (χ4n) is 5.33. The molecule has 0 fully saturated rings. The average Bonchev–Trinajstić information content (AvgIpc) is 2.91. The van der Waals surface area contributed by atoms with Gasteiger partial charge in [0.05, 0.1) is 0 Å². The molecule has 0 spiro atoms. The van der Waals surface area contributed by atoms with Crippen molar-refractivity contribution in [3.05, 3.63) is 0 Å². The molecule has 0 aliphatic rings. The van der Waals surface area contributed by atoms with Crippen LogP contribution in [0, 0.1) is 0 Å². The molecule has 1 N–H and O–H groups in total. The van der Waals surface area contributed by atoms with Gasteiger partial charge in [-0.2, -0.15) is 5.06 Å². The first-order valence-corrected chi connectivity index (χ1v) is 18.1. The molecule has 0 radical (unpaired) electrons. The monoisotopic (exact) mass is 540 g/mol. The highest BCUT2D eigenvalue weighted by Crippen LogP contribution is 2.14. The Kier molecular flexibility index (Phi) is 41.2. The smallest absolute Gasteiger partial charge is 0.0235 e. The van der Waals surface area contributed by atoms with E-state index in [0.717, 1.165) is 13.0 Å². The molecule has 0 rings (SSSR count). The first-order chi connectivity index (χ1) is 18.7. The van der Waals surface area contributed by atoms with Crippen LogP contribution in [0.5, 0.6) is 0 Å². The summed E-state index contributed by atoms with van der Waals surface area (Å²) in [5.41, 5.74) is 0. The molecule has 232 valence electrons. The number of hydrogen-bond acceptors (Lipinski definition) is 2. The maximum absolute atomic E-state index is 9.00. The van der Waals surface area contributed by atoms with Gasteiger partial charge < -0.3 is 5.21 Å². The number of hydrogen-bond donors (Lipinski definition) is 1. The zero-order chi connectivity index (χ0) is 28.2. The minimum absolute atomic E-state index is 0.818. The van der Waals surface area contributed by atoms with Gasteiger partial charge in [0.1, 0.15) is 0 Å². The fourth-order valence-corrected chi connectivity index (χ4v) is 5.33. The van der Waals surface area contributed by atoms with E-state index in [1.807, 2.05) is 0 Å². The Morgan fingerprint density at radius 2 is 0.447 bits per heavy atom. The maximum atomic E-state index is 9.00. The molecule has 0 amide bonds. The van der Waals surface area contributed by atoms with Gasteiger partial charge in [-0.05, 0) is 6.42 Å². The second-order valence-electron chi connectivity index (χ2n) is 12.3. The molecule has 0 aromatic rings. The zero-order valence-corrected chi connectivity index (χ0v) is 27.5. The van der Waals surface area contributed by atoms with Gasteiger partial charge in [-0.3, -0.25) is 0 Å². The molecule has 0 unspecified atom stereocenters. The normalized spacial score (nSPS) is 11.2. The molecule has 2 heteroatoms. The summed E-state index contributed by atoms with van der Waals surface area (Å²) >= 11 is 0. The molecule has 0 aliphatic heterocycles. The van der Waals surface area contributed by atoms with Crippen molar-refractivity contribution in [3.63, 3.8) is 0 Å². The summed E-state index contributed by atoms with van der Waals surface area (Å²) in [7, 11) is 1.73. The first-order valence-electron chi connectivity index (χ1n) is 18.1. The van der Waals surface area contributed by atoms with Gasteiger partial charge in [-0.15, -0.1) is 0 Å². The van der Waals surface area contributed by atoms with Gasteiger partial charge >= 0.3 is 0 Å². The van der Waals surface area contributed by atoms with Crippen molar-refractivity contribution in [2.24, 2.45) is 0 Å². The third kappa shape index (κ3) is 43.0. The number of nitrogens with zero attached hydrogens (tertiary/aromatic N) is 1. The lowest BCUT2D eigenvalue weighted by Gasteiger charge is -2.07. The summed E-state index contributed by atoms with van der Waals surface area (Å²) in [6, 6.07) is 0. The van der Waals surface area contributed by atoms with Crippen molar-refractivity contribution in [2.75, 3.05) is 13.6 Å². The summed E-state index contributed by atoms with van der Waals surface area (Å²) in [6.07, 6.45) is 44.3. The molecule has 0 saturated carbocycles. The standard InChI is InChI=1S/C19H41NO.C17H36/c1-3-4-5-6-7-8-9-10-11-12-13-14-15-16-17-18-19-20(2)21;1-3-5-7-9-11-13-15-17-16-14-12-10-8-6-4-2/h21H,3-19H2,1-2H3;3-17H2,1-2H3. The summed E-state index contributed by atoms with van der Waals surface area (Å²) in [5.74, 6) is 0. The van der Waals surface area contributed by atoms with Gasteiger partial charge in [-0.1, -0.05) is 213 Å². The summed E-state index contributed by atoms with van der Waals surface area (Å²) < 4.78 is 0. The van der Waals surface area contributed by atoms with Crippen LogP contribution >= 0.6 is 0 Å². The molecular formula is C36H77NO. The van der Waals surface area contributed by atoms with Crippen LogP contribution in [-0.4, -0.2) is 23.9 Å². The summed E-state index contributed by atoms with van der Waals surface area (Å²) in [4.78, 5) is 0. The Bertz CT molecular complexity index is 356. The van der Waals surface area contributed by atoms with E-state index in [1.165, 1.54) is 198 Å². The van der Waals surface area contributed by atoms with Gasteiger partial charge in [0, 0.05) is 13.6 Å². The van der Waals surface area contributed by atoms with Crippen LogP contribution in [0.15, 0.2) is 0 Å².